The van der Waals surface area contributed by atoms with Crippen LogP contribution in [-0.4, -0.2) is 29.3 Å². The van der Waals surface area contributed by atoms with E-state index in [4.69, 9.17) is 9.47 Å². The lowest BCUT2D eigenvalue weighted by Gasteiger charge is -2.26. The van der Waals surface area contributed by atoms with Crippen molar-refractivity contribution in [3.63, 3.8) is 0 Å². The summed E-state index contributed by atoms with van der Waals surface area (Å²) < 4.78 is 11.9. The SMILES string of the molecule is CC(COCc1ccccc1)Oc1cccc([C@H](O)CN(Cc2ccccc2)Cc2ccccc2)c1. The van der Waals surface area contributed by atoms with Gasteiger partial charge in [-0.25, -0.2) is 0 Å². The molecule has 0 fully saturated rings. The smallest absolute Gasteiger partial charge is 0.120 e. The van der Waals surface area contributed by atoms with Crippen molar-refractivity contribution in [3.05, 3.63) is 138 Å². The van der Waals surface area contributed by atoms with E-state index in [1.807, 2.05) is 61.5 Å². The third kappa shape index (κ3) is 8.35. The van der Waals surface area contributed by atoms with Gasteiger partial charge in [0.2, 0.25) is 0 Å². The van der Waals surface area contributed by atoms with Crippen molar-refractivity contribution in [2.24, 2.45) is 0 Å². The van der Waals surface area contributed by atoms with Gasteiger partial charge < -0.3 is 14.6 Å². The number of nitrogens with zero attached hydrogens (tertiary/aromatic N) is 1. The Morgan fingerprint density at radius 2 is 1.25 bits per heavy atom. The van der Waals surface area contributed by atoms with Gasteiger partial charge in [-0.05, 0) is 41.3 Å². The number of ether oxygens (including phenoxy) is 2. The van der Waals surface area contributed by atoms with Crippen molar-refractivity contribution in [1.29, 1.82) is 0 Å². The molecule has 4 rings (SSSR count). The van der Waals surface area contributed by atoms with Crippen LogP contribution in [0.5, 0.6) is 5.75 Å². The number of rotatable bonds is 13. The molecule has 1 N–H and O–H groups in total. The van der Waals surface area contributed by atoms with Crippen molar-refractivity contribution >= 4 is 0 Å². The molecule has 0 aliphatic rings. The Bertz CT molecular complexity index is 1110. The number of hydrogen-bond acceptors (Lipinski definition) is 4. The summed E-state index contributed by atoms with van der Waals surface area (Å²) in [6, 6.07) is 38.6. The van der Waals surface area contributed by atoms with E-state index >= 15 is 0 Å². The van der Waals surface area contributed by atoms with Gasteiger partial charge in [-0.3, -0.25) is 4.90 Å². The average Bonchev–Trinajstić information content (AvgIpc) is 2.90. The van der Waals surface area contributed by atoms with Crippen LogP contribution in [0.3, 0.4) is 0 Å². The molecular weight excluding hydrogens is 446 g/mol. The molecule has 0 amide bonds. The van der Waals surface area contributed by atoms with Crippen molar-refractivity contribution in [1.82, 2.24) is 4.90 Å². The Labute approximate surface area is 214 Å². The molecule has 186 valence electrons. The normalized spacial score (nSPS) is 12.9. The summed E-state index contributed by atoms with van der Waals surface area (Å²) in [4.78, 5) is 2.28. The highest BCUT2D eigenvalue weighted by molar-refractivity contribution is 5.30. The van der Waals surface area contributed by atoms with Gasteiger partial charge in [0.05, 0.1) is 19.3 Å². The van der Waals surface area contributed by atoms with Gasteiger partial charge in [-0.1, -0.05) is 103 Å². The minimum atomic E-state index is -0.634. The van der Waals surface area contributed by atoms with E-state index in [-0.39, 0.29) is 6.10 Å². The summed E-state index contributed by atoms with van der Waals surface area (Å²) >= 11 is 0. The molecular formula is C32H35NO3. The zero-order valence-corrected chi connectivity index (χ0v) is 20.9. The molecule has 0 radical (unpaired) electrons. The van der Waals surface area contributed by atoms with E-state index in [1.165, 1.54) is 11.1 Å². The maximum Gasteiger partial charge on any atom is 0.120 e. The van der Waals surface area contributed by atoms with E-state index in [1.54, 1.807) is 0 Å². The Morgan fingerprint density at radius 3 is 1.83 bits per heavy atom. The number of benzene rings is 4. The topological polar surface area (TPSA) is 41.9 Å². The van der Waals surface area contributed by atoms with Gasteiger partial charge in [-0.2, -0.15) is 0 Å². The van der Waals surface area contributed by atoms with Gasteiger partial charge in [-0.15, -0.1) is 0 Å². The third-order valence-corrected chi connectivity index (χ3v) is 5.97. The quantitative estimate of drug-likeness (QED) is 0.240. The molecule has 0 spiro atoms. The molecule has 0 saturated carbocycles. The van der Waals surface area contributed by atoms with Gasteiger partial charge in [0.25, 0.3) is 0 Å². The fourth-order valence-corrected chi connectivity index (χ4v) is 4.20. The summed E-state index contributed by atoms with van der Waals surface area (Å²) in [7, 11) is 0. The van der Waals surface area contributed by atoms with Crippen LogP contribution in [0.25, 0.3) is 0 Å². The van der Waals surface area contributed by atoms with Crippen LogP contribution in [0.4, 0.5) is 0 Å². The first-order valence-electron chi connectivity index (χ1n) is 12.5. The highest BCUT2D eigenvalue weighted by Gasteiger charge is 2.16. The van der Waals surface area contributed by atoms with E-state index in [0.29, 0.717) is 19.8 Å². The predicted octanol–water partition coefficient (Wildman–Crippen LogP) is 6.41. The van der Waals surface area contributed by atoms with E-state index in [9.17, 15) is 5.11 Å². The molecule has 0 heterocycles. The van der Waals surface area contributed by atoms with Crippen LogP contribution in [0, 0.1) is 0 Å². The maximum atomic E-state index is 11.2. The monoisotopic (exact) mass is 481 g/mol. The number of aliphatic hydroxyl groups is 1. The lowest BCUT2D eigenvalue weighted by atomic mass is 10.1. The van der Waals surface area contributed by atoms with Crippen LogP contribution in [0.1, 0.15) is 35.3 Å². The molecule has 0 saturated heterocycles. The molecule has 0 aromatic heterocycles. The average molecular weight is 482 g/mol. The molecule has 1 unspecified atom stereocenters. The van der Waals surface area contributed by atoms with E-state index < -0.39 is 6.10 Å². The lowest BCUT2D eigenvalue weighted by molar-refractivity contribution is 0.0490. The molecule has 0 bridgehead atoms. The lowest BCUT2D eigenvalue weighted by Crippen LogP contribution is -2.28. The predicted molar refractivity (Wildman–Crippen MR) is 145 cm³/mol. The zero-order valence-electron chi connectivity index (χ0n) is 20.9. The first kappa shape index (κ1) is 25.6. The van der Waals surface area contributed by atoms with Crippen LogP contribution in [-0.2, 0) is 24.4 Å². The summed E-state index contributed by atoms with van der Waals surface area (Å²) in [6.07, 6.45) is -0.737. The highest BCUT2D eigenvalue weighted by atomic mass is 16.5. The number of aliphatic hydroxyl groups excluding tert-OH is 1. The summed E-state index contributed by atoms with van der Waals surface area (Å²) in [5, 5.41) is 11.2. The zero-order chi connectivity index (χ0) is 25.0. The van der Waals surface area contributed by atoms with Crippen LogP contribution in [0.15, 0.2) is 115 Å². The van der Waals surface area contributed by atoms with Gasteiger partial charge in [0.1, 0.15) is 11.9 Å². The standard InChI is InChI=1S/C32H35NO3/c1-26(24-35-25-29-16-9-4-10-17-29)36-31-19-11-18-30(20-31)32(34)23-33(21-27-12-5-2-6-13-27)22-28-14-7-3-8-15-28/h2-20,26,32,34H,21-25H2,1H3/t26?,32-/m1/s1. The van der Waals surface area contributed by atoms with E-state index in [0.717, 1.165) is 30.0 Å². The summed E-state index contributed by atoms with van der Waals surface area (Å²) in [6.45, 7) is 5.09. The van der Waals surface area contributed by atoms with E-state index in [2.05, 4.69) is 65.6 Å². The van der Waals surface area contributed by atoms with Crippen molar-refractivity contribution in [2.75, 3.05) is 13.2 Å². The highest BCUT2D eigenvalue weighted by Crippen LogP contribution is 2.23. The second-order valence-electron chi connectivity index (χ2n) is 9.16. The van der Waals surface area contributed by atoms with Gasteiger partial charge in [0.15, 0.2) is 0 Å². The van der Waals surface area contributed by atoms with Crippen molar-refractivity contribution in [2.45, 2.75) is 38.8 Å². The van der Waals surface area contributed by atoms with Crippen LogP contribution >= 0.6 is 0 Å². The molecule has 4 aromatic rings. The largest absolute Gasteiger partial charge is 0.488 e. The van der Waals surface area contributed by atoms with Crippen LogP contribution in [0.2, 0.25) is 0 Å². The molecule has 0 aliphatic carbocycles. The van der Waals surface area contributed by atoms with Crippen LogP contribution < -0.4 is 4.74 Å². The second kappa shape index (κ2) is 13.6. The fourth-order valence-electron chi connectivity index (χ4n) is 4.20. The third-order valence-electron chi connectivity index (χ3n) is 5.97. The molecule has 2 atom stereocenters. The van der Waals surface area contributed by atoms with Gasteiger partial charge >= 0.3 is 0 Å². The first-order chi connectivity index (χ1) is 17.7. The Morgan fingerprint density at radius 1 is 0.694 bits per heavy atom. The fraction of sp³-hybridized carbons (Fsp3) is 0.250. The Balaban J connectivity index is 1.35. The van der Waals surface area contributed by atoms with Gasteiger partial charge in [0, 0.05) is 19.6 Å². The van der Waals surface area contributed by atoms with Crippen molar-refractivity contribution in [3.8, 4) is 5.75 Å². The molecule has 36 heavy (non-hydrogen) atoms. The molecule has 4 heteroatoms. The molecule has 4 aromatic carbocycles. The van der Waals surface area contributed by atoms with Crippen molar-refractivity contribution < 1.29 is 14.6 Å². The molecule has 4 nitrogen and oxygen atoms in total. The second-order valence-corrected chi connectivity index (χ2v) is 9.16. The Hall–Kier alpha value is -3.44. The minimum absolute atomic E-state index is 0.103. The maximum absolute atomic E-state index is 11.2. The molecule has 0 aliphatic heterocycles. The number of hydrogen-bond donors (Lipinski definition) is 1. The summed E-state index contributed by atoms with van der Waals surface area (Å²) in [5.41, 5.74) is 4.44. The first-order valence-corrected chi connectivity index (χ1v) is 12.5. The minimum Gasteiger partial charge on any atom is -0.488 e. The summed E-state index contributed by atoms with van der Waals surface area (Å²) in [5.74, 6) is 0.736. The Kier molecular flexibility index (Phi) is 9.69.